The Morgan fingerprint density at radius 1 is 1.40 bits per heavy atom. The molecule has 1 aromatic carbocycles. The topological polar surface area (TPSA) is 59.8 Å². The standard InChI is InChI=1S/C13H11BrN4OS/c1-8-16-17-13(20-8)15-12(19)7-18-5-4-9-2-3-10(14)6-11(9)18/h2-6H,7H2,1H3,(H,15,17,19). The van der Waals surface area contributed by atoms with Crippen molar-refractivity contribution in [3.8, 4) is 0 Å². The van der Waals surface area contributed by atoms with Gasteiger partial charge in [0.25, 0.3) is 0 Å². The number of carbonyl (C=O) groups excluding carboxylic acids is 1. The molecule has 3 aromatic rings. The fourth-order valence-electron chi connectivity index (χ4n) is 1.96. The summed E-state index contributed by atoms with van der Waals surface area (Å²) >= 11 is 4.81. The van der Waals surface area contributed by atoms with Gasteiger partial charge >= 0.3 is 0 Å². The van der Waals surface area contributed by atoms with Gasteiger partial charge < -0.3 is 4.57 Å². The third-order valence-electron chi connectivity index (χ3n) is 2.82. The molecule has 1 amide bonds. The molecule has 3 rings (SSSR count). The molecule has 0 aliphatic heterocycles. The van der Waals surface area contributed by atoms with E-state index in [0.29, 0.717) is 5.13 Å². The van der Waals surface area contributed by atoms with Crippen LogP contribution in [-0.2, 0) is 11.3 Å². The first-order chi connectivity index (χ1) is 9.61. The van der Waals surface area contributed by atoms with Crippen LogP contribution in [0.5, 0.6) is 0 Å². The molecule has 7 heteroatoms. The van der Waals surface area contributed by atoms with Gasteiger partial charge in [-0.3, -0.25) is 10.1 Å². The molecule has 0 saturated carbocycles. The monoisotopic (exact) mass is 350 g/mol. The lowest BCUT2D eigenvalue weighted by molar-refractivity contribution is -0.116. The number of aryl methyl sites for hydroxylation is 1. The minimum Gasteiger partial charge on any atom is -0.338 e. The summed E-state index contributed by atoms with van der Waals surface area (Å²) < 4.78 is 2.90. The van der Waals surface area contributed by atoms with Crippen molar-refractivity contribution in [2.24, 2.45) is 0 Å². The van der Waals surface area contributed by atoms with Crippen LogP contribution in [0, 0.1) is 6.92 Å². The van der Waals surface area contributed by atoms with E-state index in [2.05, 4.69) is 31.4 Å². The van der Waals surface area contributed by atoms with Crippen LogP contribution in [0.3, 0.4) is 0 Å². The van der Waals surface area contributed by atoms with Gasteiger partial charge in [0.15, 0.2) is 0 Å². The highest BCUT2D eigenvalue weighted by atomic mass is 79.9. The van der Waals surface area contributed by atoms with E-state index in [4.69, 9.17) is 0 Å². The summed E-state index contributed by atoms with van der Waals surface area (Å²) in [5.74, 6) is -0.112. The van der Waals surface area contributed by atoms with Crippen molar-refractivity contribution < 1.29 is 4.79 Å². The average molecular weight is 351 g/mol. The van der Waals surface area contributed by atoms with Gasteiger partial charge in [0, 0.05) is 16.2 Å². The third-order valence-corrected chi connectivity index (χ3v) is 4.07. The second-order valence-electron chi connectivity index (χ2n) is 4.32. The Kier molecular flexibility index (Phi) is 3.54. The van der Waals surface area contributed by atoms with Gasteiger partial charge in [-0.2, -0.15) is 0 Å². The zero-order valence-electron chi connectivity index (χ0n) is 10.6. The molecule has 2 aromatic heterocycles. The van der Waals surface area contributed by atoms with Gasteiger partial charge in [0.1, 0.15) is 11.6 Å². The van der Waals surface area contributed by atoms with Crippen molar-refractivity contribution in [1.29, 1.82) is 0 Å². The summed E-state index contributed by atoms with van der Waals surface area (Å²) in [4.78, 5) is 12.0. The van der Waals surface area contributed by atoms with Crippen molar-refractivity contribution in [2.75, 3.05) is 5.32 Å². The Balaban J connectivity index is 1.79. The quantitative estimate of drug-likeness (QED) is 0.788. The van der Waals surface area contributed by atoms with Crippen LogP contribution >= 0.6 is 27.3 Å². The molecule has 0 fully saturated rings. The van der Waals surface area contributed by atoms with E-state index in [1.165, 1.54) is 11.3 Å². The van der Waals surface area contributed by atoms with Crippen LogP contribution in [0.1, 0.15) is 5.01 Å². The molecule has 0 saturated heterocycles. The molecule has 0 spiro atoms. The lowest BCUT2D eigenvalue weighted by Gasteiger charge is -2.05. The van der Waals surface area contributed by atoms with E-state index in [-0.39, 0.29) is 12.5 Å². The van der Waals surface area contributed by atoms with Crippen LogP contribution < -0.4 is 5.32 Å². The lowest BCUT2D eigenvalue weighted by Crippen LogP contribution is -2.18. The van der Waals surface area contributed by atoms with E-state index in [1.54, 1.807) is 0 Å². The minimum atomic E-state index is -0.112. The first-order valence-electron chi connectivity index (χ1n) is 5.96. The van der Waals surface area contributed by atoms with Gasteiger partial charge in [-0.25, -0.2) is 0 Å². The van der Waals surface area contributed by atoms with Crippen LogP contribution in [0.2, 0.25) is 0 Å². The molecule has 0 bridgehead atoms. The van der Waals surface area contributed by atoms with Crippen molar-refractivity contribution in [1.82, 2.24) is 14.8 Å². The molecule has 0 radical (unpaired) electrons. The number of benzene rings is 1. The molecular weight excluding hydrogens is 340 g/mol. The molecular formula is C13H11BrN4OS. The van der Waals surface area contributed by atoms with Crippen molar-refractivity contribution in [3.63, 3.8) is 0 Å². The second kappa shape index (κ2) is 5.34. The van der Waals surface area contributed by atoms with Gasteiger partial charge in [-0.05, 0) is 30.5 Å². The predicted molar refractivity (Wildman–Crippen MR) is 82.9 cm³/mol. The highest BCUT2D eigenvalue weighted by Gasteiger charge is 2.09. The summed E-state index contributed by atoms with van der Waals surface area (Å²) in [5.41, 5.74) is 1.02. The van der Waals surface area contributed by atoms with Crippen molar-refractivity contribution in [2.45, 2.75) is 13.5 Å². The number of rotatable bonds is 3. The van der Waals surface area contributed by atoms with Crippen LogP contribution in [0.25, 0.3) is 10.9 Å². The van der Waals surface area contributed by atoms with E-state index < -0.39 is 0 Å². The number of hydrogen-bond donors (Lipinski definition) is 1. The third kappa shape index (κ3) is 2.73. The number of nitrogens with one attached hydrogen (secondary N) is 1. The smallest absolute Gasteiger partial charge is 0.246 e. The average Bonchev–Trinajstić information content (AvgIpc) is 2.97. The molecule has 102 valence electrons. The summed E-state index contributed by atoms with van der Waals surface area (Å²) in [6.45, 7) is 2.10. The number of carbonyl (C=O) groups is 1. The van der Waals surface area contributed by atoms with Gasteiger partial charge in [-0.15, -0.1) is 10.2 Å². The zero-order chi connectivity index (χ0) is 14.1. The SMILES string of the molecule is Cc1nnc(NC(=O)Cn2ccc3ccc(Br)cc32)s1. The van der Waals surface area contributed by atoms with Crippen molar-refractivity contribution >= 4 is 49.2 Å². The Hall–Kier alpha value is -1.73. The largest absolute Gasteiger partial charge is 0.338 e. The summed E-state index contributed by atoms with van der Waals surface area (Å²) in [6, 6.07) is 7.99. The Morgan fingerprint density at radius 2 is 2.25 bits per heavy atom. The Labute approximate surface area is 127 Å². The number of fused-ring (bicyclic) bond motifs is 1. The summed E-state index contributed by atoms with van der Waals surface area (Å²) in [7, 11) is 0. The predicted octanol–water partition coefficient (Wildman–Crippen LogP) is 3.20. The molecule has 0 atom stereocenters. The van der Waals surface area contributed by atoms with Gasteiger partial charge in [-0.1, -0.05) is 33.3 Å². The summed E-state index contributed by atoms with van der Waals surface area (Å²) in [5, 5.41) is 13.0. The van der Waals surface area contributed by atoms with Gasteiger partial charge in [0.05, 0.1) is 0 Å². The molecule has 5 nitrogen and oxygen atoms in total. The molecule has 2 heterocycles. The number of hydrogen-bond acceptors (Lipinski definition) is 4. The van der Waals surface area contributed by atoms with Crippen molar-refractivity contribution in [3.05, 3.63) is 39.9 Å². The fraction of sp³-hybridized carbons (Fsp3) is 0.154. The fourth-order valence-corrected chi connectivity index (χ4v) is 2.91. The van der Waals surface area contributed by atoms with Crippen LogP contribution in [-0.4, -0.2) is 20.7 Å². The maximum Gasteiger partial charge on any atom is 0.246 e. The van der Waals surface area contributed by atoms with Gasteiger partial charge in [0.2, 0.25) is 11.0 Å². The normalized spacial score (nSPS) is 10.9. The van der Waals surface area contributed by atoms with Crippen LogP contribution in [0.4, 0.5) is 5.13 Å². The molecule has 20 heavy (non-hydrogen) atoms. The van der Waals surface area contributed by atoms with E-state index in [9.17, 15) is 4.79 Å². The van der Waals surface area contributed by atoms with E-state index in [1.807, 2.05) is 42.0 Å². The summed E-state index contributed by atoms with van der Waals surface area (Å²) in [6.07, 6.45) is 1.90. The number of amides is 1. The second-order valence-corrected chi connectivity index (χ2v) is 6.42. The minimum absolute atomic E-state index is 0.112. The molecule has 1 N–H and O–H groups in total. The van der Waals surface area contributed by atoms with E-state index in [0.717, 1.165) is 20.4 Å². The molecule has 0 aliphatic carbocycles. The molecule has 0 unspecified atom stereocenters. The Morgan fingerprint density at radius 3 is 3.00 bits per heavy atom. The Bertz CT molecular complexity index is 780. The number of aromatic nitrogens is 3. The maximum atomic E-state index is 12.0. The first kappa shape index (κ1) is 13.3. The van der Waals surface area contributed by atoms with E-state index >= 15 is 0 Å². The number of anilines is 1. The molecule has 0 aliphatic rings. The number of nitrogens with zero attached hydrogens (tertiary/aromatic N) is 3. The lowest BCUT2D eigenvalue weighted by atomic mass is 10.2. The highest BCUT2D eigenvalue weighted by molar-refractivity contribution is 9.10. The maximum absolute atomic E-state index is 12.0. The van der Waals surface area contributed by atoms with Crippen LogP contribution in [0.15, 0.2) is 34.9 Å². The number of halogens is 1. The zero-order valence-corrected chi connectivity index (χ0v) is 13.0. The highest BCUT2D eigenvalue weighted by Crippen LogP contribution is 2.21. The first-order valence-corrected chi connectivity index (χ1v) is 7.57.